The second-order valence-electron chi connectivity index (χ2n) is 2.82. The molecular weight excluding hydrogens is 219 g/mol. The van der Waals surface area contributed by atoms with E-state index in [1.165, 1.54) is 20.3 Å². The van der Waals surface area contributed by atoms with Gasteiger partial charge >= 0.3 is 5.97 Å². The molecule has 1 rings (SSSR count). The van der Waals surface area contributed by atoms with Crippen LogP contribution in [0.1, 0.15) is 10.4 Å². The van der Waals surface area contributed by atoms with Gasteiger partial charge in [0.1, 0.15) is 22.9 Å². The van der Waals surface area contributed by atoms with E-state index in [9.17, 15) is 14.0 Å². The number of hydrogen-bond donors (Lipinski definition) is 1. The fourth-order valence-electron chi connectivity index (χ4n) is 1.16. The number of hydrogen-bond acceptors (Lipinski definition) is 4. The van der Waals surface area contributed by atoms with Crippen LogP contribution in [0.3, 0.4) is 0 Å². The van der Waals surface area contributed by atoms with Crippen molar-refractivity contribution in [1.82, 2.24) is 0 Å². The third-order valence-electron chi connectivity index (χ3n) is 1.90. The van der Waals surface area contributed by atoms with E-state index in [4.69, 9.17) is 14.6 Å². The van der Waals surface area contributed by atoms with Crippen LogP contribution in [0.2, 0.25) is 0 Å². The molecule has 1 N–H and O–H groups in total. The third-order valence-corrected chi connectivity index (χ3v) is 1.90. The number of carboxylic acids is 1. The van der Waals surface area contributed by atoms with Gasteiger partial charge in [0.05, 0.1) is 14.2 Å². The average molecular weight is 228 g/mol. The Morgan fingerprint density at radius 3 is 2.31 bits per heavy atom. The molecular formula is C10H9FO5. The zero-order valence-electron chi connectivity index (χ0n) is 8.61. The smallest absolute Gasteiger partial charge is 0.377 e. The first-order valence-corrected chi connectivity index (χ1v) is 4.20. The van der Waals surface area contributed by atoms with E-state index >= 15 is 0 Å². The van der Waals surface area contributed by atoms with Crippen LogP contribution in [0.4, 0.5) is 4.39 Å². The van der Waals surface area contributed by atoms with Crippen molar-refractivity contribution in [3.05, 3.63) is 23.5 Å². The van der Waals surface area contributed by atoms with Crippen molar-refractivity contribution in [2.45, 2.75) is 0 Å². The fourth-order valence-corrected chi connectivity index (χ4v) is 1.16. The Morgan fingerprint density at radius 2 is 1.88 bits per heavy atom. The minimum Gasteiger partial charge on any atom is -0.497 e. The summed E-state index contributed by atoms with van der Waals surface area (Å²) in [5, 5.41) is 8.50. The van der Waals surface area contributed by atoms with Gasteiger partial charge in [-0.15, -0.1) is 0 Å². The summed E-state index contributed by atoms with van der Waals surface area (Å²) in [6.07, 6.45) is 0. The molecule has 86 valence electrons. The molecule has 0 saturated heterocycles. The zero-order valence-corrected chi connectivity index (χ0v) is 8.61. The van der Waals surface area contributed by atoms with Crippen LogP contribution >= 0.6 is 0 Å². The highest BCUT2D eigenvalue weighted by molar-refractivity contribution is 6.40. The summed E-state index contributed by atoms with van der Waals surface area (Å²) >= 11 is 0. The quantitative estimate of drug-likeness (QED) is 0.617. The van der Waals surface area contributed by atoms with Gasteiger partial charge in [-0.05, 0) is 0 Å². The third kappa shape index (κ3) is 2.10. The van der Waals surface area contributed by atoms with Gasteiger partial charge in [0.15, 0.2) is 0 Å². The number of ketones is 1. The molecule has 0 bridgehead atoms. The Bertz CT molecular complexity index is 441. The van der Waals surface area contributed by atoms with E-state index in [1.54, 1.807) is 0 Å². The summed E-state index contributed by atoms with van der Waals surface area (Å²) in [4.78, 5) is 21.7. The average Bonchev–Trinajstić information content (AvgIpc) is 2.26. The Morgan fingerprint density at radius 1 is 1.25 bits per heavy atom. The first-order valence-electron chi connectivity index (χ1n) is 4.20. The highest BCUT2D eigenvalue weighted by Crippen LogP contribution is 2.28. The molecule has 0 spiro atoms. The van der Waals surface area contributed by atoms with E-state index in [1.807, 2.05) is 0 Å². The van der Waals surface area contributed by atoms with E-state index in [0.717, 1.165) is 6.07 Å². The van der Waals surface area contributed by atoms with Gasteiger partial charge in [0.25, 0.3) is 5.78 Å². The number of rotatable bonds is 4. The van der Waals surface area contributed by atoms with E-state index in [-0.39, 0.29) is 11.5 Å². The molecule has 0 aliphatic carbocycles. The molecule has 0 aliphatic heterocycles. The van der Waals surface area contributed by atoms with Crippen LogP contribution in [-0.2, 0) is 4.79 Å². The molecule has 0 atom stereocenters. The van der Waals surface area contributed by atoms with Crippen LogP contribution in [0.5, 0.6) is 11.5 Å². The van der Waals surface area contributed by atoms with E-state index in [2.05, 4.69) is 0 Å². The highest BCUT2D eigenvalue weighted by atomic mass is 19.1. The Hall–Kier alpha value is -2.11. The van der Waals surface area contributed by atoms with Crippen LogP contribution in [0, 0.1) is 5.82 Å². The van der Waals surface area contributed by atoms with Gasteiger partial charge in [-0.3, -0.25) is 4.79 Å². The van der Waals surface area contributed by atoms with Gasteiger partial charge in [0.2, 0.25) is 0 Å². The van der Waals surface area contributed by atoms with Crippen molar-refractivity contribution < 1.29 is 28.6 Å². The predicted molar refractivity (Wildman–Crippen MR) is 51.5 cm³/mol. The number of carbonyl (C=O) groups excluding carboxylic acids is 1. The first-order chi connectivity index (χ1) is 7.51. The summed E-state index contributed by atoms with van der Waals surface area (Å²) in [5.41, 5.74) is -0.615. The van der Waals surface area contributed by atoms with Gasteiger partial charge in [0, 0.05) is 12.1 Å². The van der Waals surface area contributed by atoms with Crippen LogP contribution < -0.4 is 9.47 Å². The number of aliphatic carboxylic acids is 1. The molecule has 0 aliphatic rings. The molecule has 6 heteroatoms. The molecule has 0 aromatic heterocycles. The van der Waals surface area contributed by atoms with Crippen molar-refractivity contribution >= 4 is 11.8 Å². The number of halogens is 1. The monoisotopic (exact) mass is 228 g/mol. The van der Waals surface area contributed by atoms with E-state index < -0.39 is 23.1 Å². The number of methoxy groups -OCH3 is 2. The van der Waals surface area contributed by atoms with Crippen molar-refractivity contribution in [2.24, 2.45) is 0 Å². The lowest BCUT2D eigenvalue weighted by molar-refractivity contribution is -0.131. The Balaban J connectivity index is 3.38. The van der Waals surface area contributed by atoms with Crippen LogP contribution in [-0.4, -0.2) is 31.1 Å². The minimum atomic E-state index is -1.75. The number of ether oxygens (including phenoxy) is 2. The maximum atomic E-state index is 13.5. The number of carboxylic acid groups (broad SMARTS) is 1. The summed E-state index contributed by atoms with van der Waals surface area (Å²) in [6.45, 7) is 0. The van der Waals surface area contributed by atoms with Crippen molar-refractivity contribution in [3.63, 3.8) is 0 Å². The molecule has 0 heterocycles. The van der Waals surface area contributed by atoms with Crippen LogP contribution in [0.15, 0.2) is 12.1 Å². The molecule has 0 fully saturated rings. The number of Topliss-reactive ketones (excluding diaryl/α,β-unsaturated/α-hetero) is 1. The second-order valence-corrected chi connectivity index (χ2v) is 2.82. The standard InChI is InChI=1S/C10H9FO5/c1-15-5-3-6(11)8(7(4-5)16-2)9(12)10(13)14/h3-4H,1-2H3,(H,13,14). The lowest BCUT2D eigenvalue weighted by atomic mass is 10.1. The molecule has 1 aromatic rings. The van der Waals surface area contributed by atoms with Gasteiger partial charge in [-0.25, -0.2) is 9.18 Å². The molecule has 0 radical (unpaired) electrons. The van der Waals surface area contributed by atoms with Crippen molar-refractivity contribution in [1.29, 1.82) is 0 Å². The summed E-state index contributed by atoms with van der Waals surface area (Å²) < 4.78 is 22.9. The normalized spacial score (nSPS) is 9.69. The van der Waals surface area contributed by atoms with Crippen molar-refractivity contribution in [3.8, 4) is 11.5 Å². The lowest BCUT2D eigenvalue weighted by Gasteiger charge is -2.09. The number of benzene rings is 1. The highest BCUT2D eigenvalue weighted by Gasteiger charge is 2.24. The minimum absolute atomic E-state index is 0.135. The van der Waals surface area contributed by atoms with Gasteiger partial charge in [-0.2, -0.15) is 0 Å². The molecule has 1 aromatic carbocycles. The molecule has 0 saturated carbocycles. The van der Waals surface area contributed by atoms with Crippen LogP contribution in [0.25, 0.3) is 0 Å². The first kappa shape index (κ1) is 12.0. The molecule has 5 nitrogen and oxygen atoms in total. The predicted octanol–water partition coefficient (Wildman–Crippen LogP) is 1.11. The summed E-state index contributed by atoms with van der Waals surface area (Å²) in [5.74, 6) is -4.15. The number of carbonyl (C=O) groups is 2. The molecule has 0 amide bonds. The van der Waals surface area contributed by atoms with Gasteiger partial charge < -0.3 is 14.6 Å². The maximum absolute atomic E-state index is 13.5. The van der Waals surface area contributed by atoms with Crippen molar-refractivity contribution in [2.75, 3.05) is 14.2 Å². The second kappa shape index (κ2) is 4.61. The topological polar surface area (TPSA) is 72.8 Å². The lowest BCUT2D eigenvalue weighted by Crippen LogP contribution is -2.16. The zero-order chi connectivity index (χ0) is 12.3. The largest absolute Gasteiger partial charge is 0.497 e. The van der Waals surface area contributed by atoms with E-state index in [0.29, 0.717) is 0 Å². The van der Waals surface area contributed by atoms with Gasteiger partial charge in [-0.1, -0.05) is 0 Å². The Kier molecular flexibility index (Phi) is 3.44. The summed E-state index contributed by atoms with van der Waals surface area (Å²) in [7, 11) is 2.51. The molecule has 0 unspecified atom stereocenters. The SMILES string of the molecule is COc1cc(F)c(C(=O)C(=O)O)c(OC)c1. The Labute approximate surface area is 90.4 Å². The maximum Gasteiger partial charge on any atom is 0.377 e. The molecule has 16 heavy (non-hydrogen) atoms. The fraction of sp³-hybridized carbons (Fsp3) is 0.200. The summed E-state index contributed by atoms with van der Waals surface area (Å²) in [6, 6.07) is 2.15.